The molecule has 1 aromatic carbocycles. The zero-order valence-electron chi connectivity index (χ0n) is 11.8. The molecule has 0 spiro atoms. The fourth-order valence-electron chi connectivity index (χ4n) is 3.21. The van der Waals surface area contributed by atoms with E-state index in [1.165, 1.54) is 49.7 Å². The van der Waals surface area contributed by atoms with Crippen molar-refractivity contribution in [3.63, 3.8) is 0 Å². The minimum atomic E-state index is 0.687. The molecule has 0 radical (unpaired) electrons. The minimum Gasteiger partial charge on any atom is -0.313 e. The highest BCUT2D eigenvalue weighted by atomic mass is 32.2. The summed E-state index contributed by atoms with van der Waals surface area (Å²) in [5.74, 6) is 2.00. The van der Waals surface area contributed by atoms with E-state index in [4.69, 9.17) is 0 Å². The number of hydrogen-bond donors (Lipinski definition) is 1. The highest BCUT2D eigenvalue weighted by Crippen LogP contribution is 2.39. The number of rotatable bonds is 3. The third-order valence-corrected chi connectivity index (χ3v) is 5.58. The second-order valence-electron chi connectivity index (χ2n) is 5.72. The van der Waals surface area contributed by atoms with Crippen molar-refractivity contribution >= 4 is 11.8 Å². The molecule has 2 aliphatic heterocycles. The maximum atomic E-state index is 3.66. The molecule has 1 aromatic rings. The first-order chi connectivity index (χ1) is 9.36. The molecule has 0 amide bonds. The Morgan fingerprint density at radius 1 is 1.37 bits per heavy atom. The predicted octanol–water partition coefficient (Wildman–Crippen LogP) is 2.95. The first-order valence-electron chi connectivity index (χ1n) is 7.54. The molecule has 0 bridgehead atoms. The van der Waals surface area contributed by atoms with Gasteiger partial charge in [-0.05, 0) is 37.6 Å². The van der Waals surface area contributed by atoms with Crippen molar-refractivity contribution in [2.45, 2.75) is 36.6 Å². The Bertz CT molecular complexity index is 421. The molecule has 1 saturated heterocycles. The van der Waals surface area contributed by atoms with E-state index in [2.05, 4.69) is 41.4 Å². The molecule has 2 atom stereocenters. The third-order valence-electron chi connectivity index (χ3n) is 4.33. The standard InChI is InChI=1S/C16H24N2S/c1-2-14-11-18(9-5-8-17-14)10-13-12-19-16-7-4-3-6-15(13)16/h3-4,6-7,13-14,17H,2,5,8-12H2,1H3. The normalized spacial score (nSPS) is 28.1. The molecule has 0 saturated carbocycles. The molecule has 0 aromatic heterocycles. The Morgan fingerprint density at radius 3 is 3.16 bits per heavy atom. The highest BCUT2D eigenvalue weighted by Gasteiger charge is 2.26. The van der Waals surface area contributed by atoms with Crippen LogP contribution in [0.2, 0.25) is 0 Å². The largest absolute Gasteiger partial charge is 0.313 e. The predicted molar refractivity (Wildman–Crippen MR) is 83.0 cm³/mol. The lowest BCUT2D eigenvalue weighted by molar-refractivity contribution is 0.254. The molecular weight excluding hydrogens is 252 g/mol. The van der Waals surface area contributed by atoms with Crippen LogP contribution in [-0.4, -0.2) is 42.9 Å². The Hall–Kier alpha value is -0.510. The van der Waals surface area contributed by atoms with Crippen molar-refractivity contribution < 1.29 is 0 Å². The second kappa shape index (κ2) is 6.29. The van der Waals surface area contributed by atoms with E-state index < -0.39 is 0 Å². The van der Waals surface area contributed by atoms with E-state index in [-0.39, 0.29) is 0 Å². The van der Waals surface area contributed by atoms with E-state index in [1.807, 2.05) is 11.8 Å². The average Bonchev–Trinajstić information content (AvgIpc) is 2.70. The zero-order chi connectivity index (χ0) is 13.1. The van der Waals surface area contributed by atoms with Gasteiger partial charge in [0.15, 0.2) is 0 Å². The molecule has 3 rings (SSSR count). The van der Waals surface area contributed by atoms with Crippen LogP contribution in [0.15, 0.2) is 29.2 Å². The van der Waals surface area contributed by atoms with Crippen LogP contribution in [0.1, 0.15) is 31.2 Å². The van der Waals surface area contributed by atoms with Gasteiger partial charge < -0.3 is 10.2 Å². The van der Waals surface area contributed by atoms with E-state index in [9.17, 15) is 0 Å². The van der Waals surface area contributed by atoms with Gasteiger partial charge in [-0.25, -0.2) is 0 Å². The summed E-state index contributed by atoms with van der Waals surface area (Å²) in [7, 11) is 0. The number of benzene rings is 1. The number of fused-ring (bicyclic) bond motifs is 1. The third kappa shape index (κ3) is 3.15. The summed E-state index contributed by atoms with van der Waals surface area (Å²) >= 11 is 2.03. The maximum absolute atomic E-state index is 3.66. The van der Waals surface area contributed by atoms with Gasteiger partial charge in [-0.2, -0.15) is 0 Å². The van der Waals surface area contributed by atoms with Crippen LogP contribution in [0.5, 0.6) is 0 Å². The first-order valence-corrected chi connectivity index (χ1v) is 8.53. The first kappa shape index (κ1) is 13.5. The zero-order valence-corrected chi connectivity index (χ0v) is 12.6. The summed E-state index contributed by atoms with van der Waals surface area (Å²) in [4.78, 5) is 4.19. The van der Waals surface area contributed by atoms with Crippen LogP contribution >= 0.6 is 11.8 Å². The van der Waals surface area contributed by atoms with E-state index in [0.717, 1.165) is 5.92 Å². The van der Waals surface area contributed by atoms with E-state index in [0.29, 0.717) is 6.04 Å². The van der Waals surface area contributed by atoms with Crippen LogP contribution < -0.4 is 5.32 Å². The Balaban J connectivity index is 1.65. The van der Waals surface area contributed by atoms with Crippen LogP contribution in [0.3, 0.4) is 0 Å². The summed E-state index contributed by atoms with van der Waals surface area (Å²) in [5, 5.41) is 3.66. The summed E-state index contributed by atoms with van der Waals surface area (Å²) in [6.45, 7) is 7.20. The summed E-state index contributed by atoms with van der Waals surface area (Å²) in [6.07, 6.45) is 2.53. The SMILES string of the molecule is CCC1CN(CC2CSc3ccccc32)CCCN1. The topological polar surface area (TPSA) is 15.3 Å². The van der Waals surface area contributed by atoms with Gasteiger partial charge in [-0.15, -0.1) is 11.8 Å². The summed E-state index contributed by atoms with van der Waals surface area (Å²) < 4.78 is 0. The smallest absolute Gasteiger partial charge is 0.0192 e. The van der Waals surface area contributed by atoms with Crippen LogP contribution in [0.4, 0.5) is 0 Å². The molecule has 2 unspecified atom stereocenters. The molecular formula is C16H24N2S. The molecule has 2 nitrogen and oxygen atoms in total. The molecule has 1 N–H and O–H groups in total. The molecule has 104 valence electrons. The fourth-order valence-corrected chi connectivity index (χ4v) is 4.45. The van der Waals surface area contributed by atoms with Crippen molar-refractivity contribution in [1.82, 2.24) is 10.2 Å². The van der Waals surface area contributed by atoms with Gasteiger partial charge in [0.05, 0.1) is 0 Å². The van der Waals surface area contributed by atoms with Gasteiger partial charge in [0, 0.05) is 35.7 Å². The van der Waals surface area contributed by atoms with E-state index >= 15 is 0 Å². The van der Waals surface area contributed by atoms with Gasteiger partial charge in [0.1, 0.15) is 0 Å². The number of nitrogens with zero attached hydrogens (tertiary/aromatic N) is 1. The number of hydrogen-bond acceptors (Lipinski definition) is 3. The van der Waals surface area contributed by atoms with Crippen molar-refractivity contribution in [2.24, 2.45) is 0 Å². The van der Waals surface area contributed by atoms with Crippen molar-refractivity contribution in [3.05, 3.63) is 29.8 Å². The Morgan fingerprint density at radius 2 is 2.26 bits per heavy atom. The highest BCUT2D eigenvalue weighted by molar-refractivity contribution is 7.99. The summed E-state index contributed by atoms with van der Waals surface area (Å²) in [5.41, 5.74) is 1.58. The minimum absolute atomic E-state index is 0.687. The molecule has 2 aliphatic rings. The summed E-state index contributed by atoms with van der Waals surface area (Å²) in [6, 6.07) is 9.65. The van der Waals surface area contributed by atoms with Crippen molar-refractivity contribution in [3.8, 4) is 0 Å². The molecule has 3 heteroatoms. The van der Waals surface area contributed by atoms with Crippen LogP contribution in [0.25, 0.3) is 0 Å². The monoisotopic (exact) mass is 276 g/mol. The van der Waals surface area contributed by atoms with Crippen LogP contribution in [-0.2, 0) is 0 Å². The Kier molecular flexibility index (Phi) is 4.46. The van der Waals surface area contributed by atoms with Gasteiger partial charge in [-0.3, -0.25) is 0 Å². The van der Waals surface area contributed by atoms with Gasteiger partial charge in [0.25, 0.3) is 0 Å². The molecule has 19 heavy (non-hydrogen) atoms. The quantitative estimate of drug-likeness (QED) is 0.914. The lowest BCUT2D eigenvalue weighted by Gasteiger charge is -2.26. The van der Waals surface area contributed by atoms with Crippen molar-refractivity contribution in [1.29, 1.82) is 0 Å². The lowest BCUT2D eigenvalue weighted by atomic mass is 10.0. The van der Waals surface area contributed by atoms with E-state index in [1.54, 1.807) is 5.56 Å². The second-order valence-corrected chi connectivity index (χ2v) is 6.78. The average molecular weight is 276 g/mol. The molecule has 2 heterocycles. The Labute approximate surface area is 121 Å². The van der Waals surface area contributed by atoms with Gasteiger partial charge >= 0.3 is 0 Å². The number of nitrogens with one attached hydrogen (secondary N) is 1. The molecule has 0 aliphatic carbocycles. The van der Waals surface area contributed by atoms with Crippen LogP contribution in [0, 0.1) is 0 Å². The van der Waals surface area contributed by atoms with Crippen molar-refractivity contribution in [2.75, 3.05) is 31.9 Å². The maximum Gasteiger partial charge on any atom is 0.0192 e. The lowest BCUT2D eigenvalue weighted by Crippen LogP contribution is -2.38. The van der Waals surface area contributed by atoms with Gasteiger partial charge in [-0.1, -0.05) is 25.1 Å². The molecule has 1 fully saturated rings. The number of thioether (sulfide) groups is 1. The fraction of sp³-hybridized carbons (Fsp3) is 0.625. The van der Waals surface area contributed by atoms with Gasteiger partial charge in [0.2, 0.25) is 0 Å².